The van der Waals surface area contributed by atoms with Gasteiger partial charge in [0.05, 0.1) is 6.04 Å². The van der Waals surface area contributed by atoms with E-state index >= 15 is 0 Å². The highest BCUT2D eigenvalue weighted by Crippen LogP contribution is 2.22. The van der Waals surface area contributed by atoms with Gasteiger partial charge >= 0.3 is 0 Å². The summed E-state index contributed by atoms with van der Waals surface area (Å²) in [6.45, 7) is 8.79. The maximum absolute atomic E-state index is 12.8. The Kier molecular flexibility index (Phi) is 5.79. The number of hydrogen-bond acceptors (Lipinski definition) is 3. The van der Waals surface area contributed by atoms with Crippen molar-refractivity contribution in [3.8, 4) is 0 Å². The minimum atomic E-state index is 0.0135. The first-order chi connectivity index (χ1) is 12.5. The fraction of sp³-hybridized carbons (Fsp3) is 0.476. The molecule has 1 saturated heterocycles. The van der Waals surface area contributed by atoms with E-state index < -0.39 is 0 Å². The molecule has 0 spiro atoms. The molecule has 0 aliphatic carbocycles. The molecule has 0 radical (unpaired) electrons. The number of nitrogens with one attached hydrogen (secondary N) is 1. The molecule has 1 aromatic carbocycles. The lowest BCUT2D eigenvalue weighted by Crippen LogP contribution is -2.49. The fourth-order valence-electron chi connectivity index (χ4n) is 3.64. The van der Waals surface area contributed by atoms with E-state index in [0.717, 1.165) is 42.9 Å². The van der Waals surface area contributed by atoms with Gasteiger partial charge in [-0.1, -0.05) is 17.7 Å². The second-order valence-electron chi connectivity index (χ2n) is 7.43. The van der Waals surface area contributed by atoms with Gasteiger partial charge in [0.15, 0.2) is 0 Å². The number of aromatic nitrogens is 1. The van der Waals surface area contributed by atoms with Crippen LogP contribution < -0.4 is 5.32 Å². The Labute approximate surface area is 156 Å². The fourth-order valence-corrected chi connectivity index (χ4v) is 3.64. The number of carbonyl (C=O) groups is 1. The van der Waals surface area contributed by atoms with Crippen LogP contribution in [0.2, 0.25) is 0 Å². The molecule has 5 nitrogen and oxygen atoms in total. The minimum Gasteiger partial charge on any atom is -0.353 e. The number of hydrogen-bond donors (Lipinski definition) is 1. The van der Waals surface area contributed by atoms with Gasteiger partial charge in [0.1, 0.15) is 0 Å². The molecule has 1 fully saturated rings. The van der Waals surface area contributed by atoms with Crippen LogP contribution in [0, 0.1) is 13.8 Å². The van der Waals surface area contributed by atoms with Gasteiger partial charge in [0, 0.05) is 57.2 Å². The van der Waals surface area contributed by atoms with Gasteiger partial charge in [-0.3, -0.25) is 9.69 Å². The van der Waals surface area contributed by atoms with Gasteiger partial charge in [0.25, 0.3) is 5.91 Å². The van der Waals surface area contributed by atoms with Crippen molar-refractivity contribution in [1.82, 2.24) is 19.7 Å². The second-order valence-corrected chi connectivity index (χ2v) is 7.43. The van der Waals surface area contributed by atoms with Crippen LogP contribution in [0.1, 0.15) is 33.2 Å². The van der Waals surface area contributed by atoms with Gasteiger partial charge in [-0.2, -0.15) is 0 Å². The molecular weight excluding hydrogens is 324 g/mol. The van der Waals surface area contributed by atoms with Crippen molar-refractivity contribution in [3.63, 3.8) is 0 Å². The largest absolute Gasteiger partial charge is 0.353 e. The van der Waals surface area contributed by atoms with E-state index in [-0.39, 0.29) is 11.9 Å². The number of carbonyl (C=O) groups excluding carboxylic acids is 1. The minimum absolute atomic E-state index is 0.0135. The summed E-state index contributed by atoms with van der Waals surface area (Å²) in [6.07, 6.45) is 2.07. The lowest BCUT2D eigenvalue weighted by atomic mass is 10.0. The van der Waals surface area contributed by atoms with Crippen molar-refractivity contribution < 1.29 is 4.79 Å². The molecule has 5 heteroatoms. The SMILES string of the molecule is Cc1ccc(C)c(C(=O)NCC(c2cccn2C)N2CCN(C)CC2)c1. The Bertz CT molecular complexity index is 759. The standard InChI is InChI=1S/C21H30N4O/c1-16-7-8-17(2)18(14-16)21(26)22-15-20(19-6-5-9-24(19)4)25-12-10-23(3)11-13-25/h5-9,14,20H,10-13,15H2,1-4H3,(H,22,26). The third kappa shape index (κ3) is 4.17. The van der Waals surface area contributed by atoms with Crippen LogP contribution in [0.15, 0.2) is 36.5 Å². The monoisotopic (exact) mass is 354 g/mol. The van der Waals surface area contributed by atoms with Crippen molar-refractivity contribution in [1.29, 1.82) is 0 Å². The molecule has 1 atom stereocenters. The summed E-state index contributed by atoms with van der Waals surface area (Å²) in [4.78, 5) is 17.6. The smallest absolute Gasteiger partial charge is 0.251 e. The van der Waals surface area contributed by atoms with Crippen LogP contribution in [0.3, 0.4) is 0 Å². The summed E-state index contributed by atoms with van der Waals surface area (Å²) < 4.78 is 2.16. The molecule has 1 unspecified atom stereocenters. The van der Waals surface area contributed by atoms with Crippen LogP contribution in [-0.4, -0.2) is 60.0 Å². The van der Waals surface area contributed by atoms with Crippen LogP contribution in [0.5, 0.6) is 0 Å². The zero-order valence-electron chi connectivity index (χ0n) is 16.3. The topological polar surface area (TPSA) is 40.5 Å². The summed E-state index contributed by atoms with van der Waals surface area (Å²) in [6, 6.07) is 10.5. The molecule has 1 N–H and O–H groups in total. The first-order valence-corrected chi connectivity index (χ1v) is 9.35. The molecule has 2 heterocycles. The molecule has 26 heavy (non-hydrogen) atoms. The van der Waals surface area contributed by atoms with E-state index in [1.54, 1.807) is 0 Å². The van der Waals surface area contributed by atoms with Crippen molar-refractivity contribution >= 4 is 5.91 Å². The maximum atomic E-state index is 12.8. The van der Waals surface area contributed by atoms with E-state index in [1.165, 1.54) is 5.69 Å². The van der Waals surface area contributed by atoms with Crippen LogP contribution in [-0.2, 0) is 7.05 Å². The Morgan fingerprint density at radius 1 is 1.12 bits per heavy atom. The maximum Gasteiger partial charge on any atom is 0.251 e. The zero-order chi connectivity index (χ0) is 18.7. The van der Waals surface area contributed by atoms with Gasteiger partial charge in [-0.25, -0.2) is 0 Å². The predicted molar refractivity (Wildman–Crippen MR) is 105 cm³/mol. The van der Waals surface area contributed by atoms with E-state index in [1.807, 2.05) is 32.0 Å². The van der Waals surface area contributed by atoms with Crippen molar-refractivity contribution in [2.75, 3.05) is 39.8 Å². The third-order valence-electron chi connectivity index (χ3n) is 5.40. The second kappa shape index (κ2) is 8.06. The van der Waals surface area contributed by atoms with Gasteiger partial charge in [-0.15, -0.1) is 0 Å². The number of aryl methyl sites for hydroxylation is 3. The van der Waals surface area contributed by atoms with Crippen molar-refractivity contribution in [3.05, 3.63) is 58.9 Å². The number of benzene rings is 1. The summed E-state index contributed by atoms with van der Waals surface area (Å²) in [5, 5.41) is 3.18. The van der Waals surface area contributed by atoms with Crippen molar-refractivity contribution in [2.45, 2.75) is 19.9 Å². The van der Waals surface area contributed by atoms with Gasteiger partial charge in [-0.05, 0) is 44.7 Å². The normalized spacial score (nSPS) is 17.2. The molecule has 2 aromatic rings. The lowest BCUT2D eigenvalue weighted by molar-refractivity contribution is 0.0876. The van der Waals surface area contributed by atoms with Crippen LogP contribution >= 0.6 is 0 Å². The highest BCUT2D eigenvalue weighted by atomic mass is 16.1. The number of likely N-dealkylation sites (N-methyl/N-ethyl adjacent to an activating group) is 1. The van der Waals surface area contributed by atoms with E-state index in [9.17, 15) is 4.79 Å². The van der Waals surface area contributed by atoms with Crippen LogP contribution in [0.4, 0.5) is 0 Å². The quantitative estimate of drug-likeness (QED) is 0.896. The third-order valence-corrected chi connectivity index (χ3v) is 5.40. The van der Waals surface area contributed by atoms with E-state index in [0.29, 0.717) is 6.54 Å². The molecule has 0 saturated carbocycles. The molecule has 1 aliphatic heterocycles. The Hall–Kier alpha value is -2.11. The highest BCUT2D eigenvalue weighted by molar-refractivity contribution is 5.95. The van der Waals surface area contributed by atoms with Crippen LogP contribution in [0.25, 0.3) is 0 Å². The van der Waals surface area contributed by atoms with Gasteiger partial charge in [0.2, 0.25) is 0 Å². The number of amides is 1. The number of rotatable bonds is 5. The summed E-state index contributed by atoms with van der Waals surface area (Å²) in [5.74, 6) is 0.0135. The van der Waals surface area contributed by atoms with Gasteiger partial charge < -0.3 is 14.8 Å². The average Bonchev–Trinajstić information content (AvgIpc) is 3.04. The molecule has 140 valence electrons. The lowest BCUT2D eigenvalue weighted by Gasteiger charge is -2.38. The zero-order valence-corrected chi connectivity index (χ0v) is 16.3. The van der Waals surface area contributed by atoms with Crippen molar-refractivity contribution in [2.24, 2.45) is 7.05 Å². The molecular formula is C21H30N4O. The highest BCUT2D eigenvalue weighted by Gasteiger charge is 2.26. The Balaban J connectivity index is 1.75. The molecule has 1 amide bonds. The number of piperazine rings is 1. The van der Waals surface area contributed by atoms with E-state index in [4.69, 9.17) is 0 Å². The molecule has 1 aromatic heterocycles. The predicted octanol–water partition coefficient (Wildman–Crippen LogP) is 2.36. The summed E-state index contributed by atoms with van der Waals surface area (Å²) in [7, 11) is 4.24. The average molecular weight is 354 g/mol. The molecule has 1 aliphatic rings. The summed E-state index contributed by atoms with van der Waals surface area (Å²) in [5.41, 5.74) is 4.15. The summed E-state index contributed by atoms with van der Waals surface area (Å²) >= 11 is 0. The Morgan fingerprint density at radius 2 is 1.85 bits per heavy atom. The first kappa shape index (κ1) is 18.7. The molecule has 0 bridgehead atoms. The Morgan fingerprint density at radius 3 is 2.50 bits per heavy atom. The first-order valence-electron chi connectivity index (χ1n) is 9.35. The van der Waals surface area contributed by atoms with E-state index in [2.05, 4.69) is 52.1 Å². The number of nitrogens with zero attached hydrogens (tertiary/aromatic N) is 3. The molecule has 3 rings (SSSR count).